The maximum atomic E-state index is 12.7. The van der Waals surface area contributed by atoms with Crippen LogP contribution in [0.3, 0.4) is 0 Å². The smallest absolute Gasteiger partial charge is 0.246 e. The van der Waals surface area contributed by atoms with E-state index in [1.54, 1.807) is 0 Å². The van der Waals surface area contributed by atoms with Crippen LogP contribution in [0.15, 0.2) is 0 Å². The summed E-state index contributed by atoms with van der Waals surface area (Å²) in [5.41, 5.74) is 0. The molecule has 0 aromatic carbocycles. The van der Waals surface area contributed by atoms with Gasteiger partial charge in [-0.2, -0.15) is 0 Å². The first-order valence-corrected chi connectivity index (χ1v) is 7.74. The third-order valence-corrected chi connectivity index (χ3v) is 5.27. The minimum atomic E-state index is -0.257. The van der Waals surface area contributed by atoms with Crippen molar-refractivity contribution < 1.29 is 9.59 Å². The lowest BCUT2D eigenvalue weighted by molar-refractivity contribution is -0.163. The fourth-order valence-electron chi connectivity index (χ4n) is 4.17. The number of piperazine rings is 1. The lowest BCUT2D eigenvalue weighted by Crippen LogP contribution is -2.65. The molecule has 2 saturated heterocycles. The van der Waals surface area contributed by atoms with Gasteiger partial charge in [-0.25, -0.2) is 0 Å². The van der Waals surface area contributed by atoms with E-state index >= 15 is 0 Å². The SMILES string of the molecule is CC1CCCCC1N1C(=O)C2CCCN2C(=O)C1C. The second kappa shape index (κ2) is 4.80. The predicted octanol–water partition coefficient (Wildman–Crippen LogP) is 1.79. The van der Waals surface area contributed by atoms with Crippen LogP contribution >= 0.6 is 0 Å². The molecule has 19 heavy (non-hydrogen) atoms. The van der Waals surface area contributed by atoms with E-state index in [0.717, 1.165) is 25.8 Å². The van der Waals surface area contributed by atoms with Crippen molar-refractivity contribution >= 4 is 11.8 Å². The molecule has 0 N–H and O–H groups in total. The van der Waals surface area contributed by atoms with E-state index in [1.165, 1.54) is 19.3 Å². The summed E-state index contributed by atoms with van der Waals surface area (Å²) in [7, 11) is 0. The van der Waals surface area contributed by atoms with E-state index in [0.29, 0.717) is 5.92 Å². The molecule has 2 amide bonds. The van der Waals surface area contributed by atoms with E-state index in [4.69, 9.17) is 0 Å². The van der Waals surface area contributed by atoms with Crippen LogP contribution in [-0.4, -0.2) is 46.3 Å². The first-order valence-electron chi connectivity index (χ1n) is 7.74. The summed E-state index contributed by atoms with van der Waals surface area (Å²) in [6, 6.07) is -0.131. The standard InChI is InChI=1S/C15H24N2O2/c1-10-6-3-4-7-12(10)17-11(2)14(18)16-9-5-8-13(16)15(17)19/h10-13H,3-9H2,1-2H3. The van der Waals surface area contributed by atoms with Gasteiger partial charge in [-0.05, 0) is 38.5 Å². The van der Waals surface area contributed by atoms with Crippen molar-refractivity contribution in [1.29, 1.82) is 0 Å². The highest BCUT2D eigenvalue weighted by molar-refractivity contribution is 5.97. The maximum absolute atomic E-state index is 12.7. The molecule has 106 valence electrons. The van der Waals surface area contributed by atoms with Crippen LogP contribution < -0.4 is 0 Å². The summed E-state index contributed by atoms with van der Waals surface area (Å²) in [4.78, 5) is 28.9. The maximum Gasteiger partial charge on any atom is 0.246 e. The van der Waals surface area contributed by atoms with Gasteiger partial charge in [0.05, 0.1) is 0 Å². The molecular weight excluding hydrogens is 240 g/mol. The molecule has 2 aliphatic heterocycles. The average Bonchev–Trinajstić information content (AvgIpc) is 2.88. The Hall–Kier alpha value is -1.06. The van der Waals surface area contributed by atoms with E-state index in [9.17, 15) is 9.59 Å². The molecule has 1 aliphatic carbocycles. The quantitative estimate of drug-likeness (QED) is 0.724. The lowest BCUT2D eigenvalue weighted by atomic mass is 9.83. The summed E-state index contributed by atoms with van der Waals surface area (Å²) in [6.07, 6.45) is 6.53. The number of hydrogen-bond donors (Lipinski definition) is 0. The topological polar surface area (TPSA) is 40.6 Å². The summed E-state index contributed by atoms with van der Waals surface area (Å²) >= 11 is 0. The van der Waals surface area contributed by atoms with Crippen molar-refractivity contribution in [2.75, 3.05) is 6.54 Å². The van der Waals surface area contributed by atoms with Gasteiger partial charge in [-0.3, -0.25) is 9.59 Å². The van der Waals surface area contributed by atoms with E-state index in [-0.39, 0.29) is 29.9 Å². The Labute approximate surface area is 115 Å². The molecular formula is C15H24N2O2. The molecule has 2 heterocycles. The van der Waals surface area contributed by atoms with Crippen molar-refractivity contribution in [3.8, 4) is 0 Å². The van der Waals surface area contributed by atoms with Crippen molar-refractivity contribution in [2.45, 2.75) is 70.5 Å². The normalized spacial score (nSPS) is 39.7. The fourth-order valence-corrected chi connectivity index (χ4v) is 4.17. The van der Waals surface area contributed by atoms with E-state index in [1.807, 2.05) is 16.7 Å². The third-order valence-electron chi connectivity index (χ3n) is 5.27. The lowest BCUT2D eigenvalue weighted by Gasteiger charge is -2.47. The van der Waals surface area contributed by atoms with Crippen LogP contribution in [-0.2, 0) is 9.59 Å². The molecule has 1 saturated carbocycles. The van der Waals surface area contributed by atoms with Crippen molar-refractivity contribution in [3.63, 3.8) is 0 Å². The zero-order chi connectivity index (χ0) is 13.6. The van der Waals surface area contributed by atoms with Crippen LogP contribution in [0.25, 0.3) is 0 Å². The molecule has 3 fully saturated rings. The zero-order valence-electron chi connectivity index (χ0n) is 12.0. The average molecular weight is 264 g/mol. The molecule has 0 aromatic rings. The van der Waals surface area contributed by atoms with Gasteiger partial charge in [0.15, 0.2) is 0 Å². The molecule has 0 radical (unpaired) electrons. The molecule has 4 atom stereocenters. The number of rotatable bonds is 1. The van der Waals surface area contributed by atoms with Crippen molar-refractivity contribution in [3.05, 3.63) is 0 Å². The van der Waals surface area contributed by atoms with Crippen molar-refractivity contribution in [1.82, 2.24) is 9.80 Å². The number of carbonyl (C=O) groups is 2. The summed E-state index contributed by atoms with van der Waals surface area (Å²) in [6.45, 7) is 4.92. The number of nitrogens with zero attached hydrogens (tertiary/aromatic N) is 2. The molecule has 4 unspecified atom stereocenters. The van der Waals surface area contributed by atoms with Gasteiger partial charge in [0, 0.05) is 12.6 Å². The second-order valence-electron chi connectivity index (χ2n) is 6.44. The van der Waals surface area contributed by atoms with Crippen LogP contribution in [0.2, 0.25) is 0 Å². The van der Waals surface area contributed by atoms with Gasteiger partial charge < -0.3 is 9.80 Å². The zero-order valence-corrected chi connectivity index (χ0v) is 12.0. The highest BCUT2D eigenvalue weighted by Crippen LogP contribution is 2.34. The van der Waals surface area contributed by atoms with Gasteiger partial charge in [0.1, 0.15) is 12.1 Å². The van der Waals surface area contributed by atoms with Crippen LogP contribution in [0.5, 0.6) is 0 Å². The van der Waals surface area contributed by atoms with Gasteiger partial charge >= 0.3 is 0 Å². The van der Waals surface area contributed by atoms with Crippen LogP contribution in [0.4, 0.5) is 0 Å². The first kappa shape index (κ1) is 12.9. The number of carbonyl (C=O) groups excluding carboxylic acids is 2. The highest BCUT2D eigenvalue weighted by Gasteiger charge is 2.48. The molecule has 0 aromatic heterocycles. The second-order valence-corrected chi connectivity index (χ2v) is 6.44. The van der Waals surface area contributed by atoms with Gasteiger partial charge in [0.25, 0.3) is 0 Å². The number of amides is 2. The third kappa shape index (κ3) is 1.96. The number of fused-ring (bicyclic) bond motifs is 1. The van der Waals surface area contributed by atoms with Gasteiger partial charge in [-0.1, -0.05) is 19.8 Å². The fraction of sp³-hybridized carbons (Fsp3) is 0.867. The van der Waals surface area contributed by atoms with Gasteiger partial charge in [-0.15, -0.1) is 0 Å². The summed E-state index contributed by atoms with van der Waals surface area (Å²) in [5.74, 6) is 0.907. The monoisotopic (exact) mass is 264 g/mol. The van der Waals surface area contributed by atoms with E-state index in [2.05, 4.69) is 6.92 Å². The minimum Gasteiger partial charge on any atom is -0.329 e. The largest absolute Gasteiger partial charge is 0.329 e. The summed E-state index contributed by atoms with van der Waals surface area (Å²) in [5, 5.41) is 0. The van der Waals surface area contributed by atoms with Crippen LogP contribution in [0.1, 0.15) is 52.4 Å². The Morgan fingerprint density at radius 2 is 1.68 bits per heavy atom. The molecule has 0 spiro atoms. The Balaban J connectivity index is 1.87. The molecule has 4 nitrogen and oxygen atoms in total. The Morgan fingerprint density at radius 3 is 2.42 bits per heavy atom. The molecule has 4 heteroatoms. The van der Waals surface area contributed by atoms with E-state index < -0.39 is 0 Å². The predicted molar refractivity (Wildman–Crippen MR) is 72.5 cm³/mol. The summed E-state index contributed by atoms with van der Waals surface area (Å²) < 4.78 is 0. The number of hydrogen-bond acceptors (Lipinski definition) is 2. The molecule has 0 bridgehead atoms. The Bertz CT molecular complexity index is 396. The Morgan fingerprint density at radius 1 is 0.947 bits per heavy atom. The molecule has 3 aliphatic rings. The minimum absolute atomic E-state index is 0.155. The van der Waals surface area contributed by atoms with Gasteiger partial charge in [0.2, 0.25) is 11.8 Å². The first-order chi connectivity index (χ1) is 9.11. The Kier molecular flexibility index (Phi) is 3.27. The van der Waals surface area contributed by atoms with Crippen LogP contribution in [0, 0.1) is 5.92 Å². The highest BCUT2D eigenvalue weighted by atomic mass is 16.2. The van der Waals surface area contributed by atoms with Crippen molar-refractivity contribution in [2.24, 2.45) is 5.92 Å². The molecule has 3 rings (SSSR count).